The third-order valence-electron chi connectivity index (χ3n) is 3.50. The van der Waals surface area contributed by atoms with Gasteiger partial charge in [-0.05, 0) is 31.3 Å². The lowest BCUT2D eigenvalue weighted by molar-refractivity contribution is -0.119. The summed E-state index contributed by atoms with van der Waals surface area (Å²) < 4.78 is 5.12. The van der Waals surface area contributed by atoms with Crippen LogP contribution in [0.5, 0.6) is 0 Å². The number of hydrogen-bond donors (Lipinski definition) is 2. The zero-order valence-corrected chi connectivity index (χ0v) is 16.1. The molecule has 0 fully saturated rings. The van der Waals surface area contributed by atoms with E-state index in [0.29, 0.717) is 16.6 Å². The van der Waals surface area contributed by atoms with Crippen molar-refractivity contribution >= 4 is 35.0 Å². The van der Waals surface area contributed by atoms with Gasteiger partial charge in [-0.15, -0.1) is 0 Å². The topological polar surface area (TPSA) is 87.5 Å². The van der Waals surface area contributed by atoms with Crippen LogP contribution in [-0.4, -0.2) is 42.0 Å². The molecule has 8 heteroatoms. The first-order valence-electron chi connectivity index (χ1n) is 8.14. The molecule has 0 unspecified atom stereocenters. The van der Waals surface area contributed by atoms with E-state index in [4.69, 9.17) is 16.1 Å². The van der Waals surface area contributed by atoms with Crippen LogP contribution >= 0.6 is 11.6 Å². The number of nitrogens with one attached hydrogen (secondary N) is 2. The predicted molar refractivity (Wildman–Crippen MR) is 101 cm³/mol. The Hall–Kier alpha value is -2.38. The Kier molecular flexibility index (Phi) is 6.39. The number of rotatable bonds is 6. The van der Waals surface area contributed by atoms with Crippen LogP contribution in [0.25, 0.3) is 0 Å². The van der Waals surface area contributed by atoms with Crippen LogP contribution in [0.3, 0.4) is 0 Å². The largest absolute Gasteiger partial charge is 0.338 e. The first-order valence-corrected chi connectivity index (χ1v) is 8.52. The number of carbonyl (C=O) groups is 2. The monoisotopic (exact) mass is 378 g/mol. The Balaban J connectivity index is 1.80. The molecule has 1 heterocycles. The minimum atomic E-state index is -0.289. The van der Waals surface area contributed by atoms with E-state index in [2.05, 4.69) is 15.8 Å². The number of anilines is 2. The molecule has 0 radical (unpaired) electrons. The van der Waals surface area contributed by atoms with Crippen molar-refractivity contribution in [3.63, 3.8) is 0 Å². The molecule has 0 saturated carbocycles. The fourth-order valence-corrected chi connectivity index (χ4v) is 2.27. The number of aromatic nitrogens is 1. The molecule has 0 bridgehead atoms. The van der Waals surface area contributed by atoms with Gasteiger partial charge in [0, 0.05) is 22.2 Å². The summed E-state index contributed by atoms with van der Waals surface area (Å²) in [7, 11) is 1.68. The van der Waals surface area contributed by atoms with Crippen LogP contribution < -0.4 is 10.6 Å². The van der Waals surface area contributed by atoms with E-state index >= 15 is 0 Å². The normalized spacial score (nSPS) is 11.5. The maximum absolute atomic E-state index is 12.1. The summed E-state index contributed by atoms with van der Waals surface area (Å²) >= 11 is 5.81. The third-order valence-corrected chi connectivity index (χ3v) is 3.75. The number of halogens is 1. The highest BCUT2D eigenvalue weighted by molar-refractivity contribution is 6.30. The van der Waals surface area contributed by atoms with Gasteiger partial charge < -0.3 is 9.84 Å². The number of hydrogen-bond acceptors (Lipinski definition) is 5. The molecule has 1 aromatic carbocycles. The second kappa shape index (κ2) is 8.33. The van der Waals surface area contributed by atoms with Gasteiger partial charge in [-0.1, -0.05) is 37.5 Å². The number of likely N-dealkylation sites (N-methyl/N-ethyl adjacent to an activating group) is 1. The highest BCUT2D eigenvalue weighted by Gasteiger charge is 2.20. The van der Waals surface area contributed by atoms with Gasteiger partial charge in [0.1, 0.15) is 0 Å². The zero-order chi connectivity index (χ0) is 19.3. The number of carbonyl (C=O) groups excluding carboxylic acids is 2. The fourth-order valence-electron chi connectivity index (χ4n) is 2.14. The molecule has 140 valence electrons. The molecule has 0 aliphatic heterocycles. The molecular weight excluding hydrogens is 356 g/mol. The lowest BCUT2D eigenvalue weighted by Gasteiger charge is -2.15. The first kappa shape index (κ1) is 19.9. The minimum Gasteiger partial charge on any atom is -0.338 e. The Bertz CT molecular complexity index is 765. The molecule has 7 nitrogen and oxygen atoms in total. The highest BCUT2D eigenvalue weighted by Crippen LogP contribution is 2.23. The maximum atomic E-state index is 12.1. The summed E-state index contributed by atoms with van der Waals surface area (Å²) in [6.45, 7) is 6.12. The molecule has 0 atom stereocenters. The van der Waals surface area contributed by atoms with E-state index in [1.54, 1.807) is 42.3 Å². The molecule has 26 heavy (non-hydrogen) atoms. The summed E-state index contributed by atoms with van der Waals surface area (Å²) in [5, 5.41) is 9.92. The van der Waals surface area contributed by atoms with E-state index in [1.807, 2.05) is 20.8 Å². The Labute approximate surface area is 157 Å². The predicted octanol–water partition coefficient (Wildman–Crippen LogP) is 3.13. The van der Waals surface area contributed by atoms with Gasteiger partial charge in [-0.25, -0.2) is 0 Å². The zero-order valence-electron chi connectivity index (χ0n) is 15.3. The lowest BCUT2D eigenvalue weighted by Crippen LogP contribution is -2.36. The average molecular weight is 379 g/mol. The van der Waals surface area contributed by atoms with Gasteiger partial charge in [0.05, 0.1) is 18.8 Å². The summed E-state index contributed by atoms with van der Waals surface area (Å²) in [5.41, 5.74) is 1.24. The van der Waals surface area contributed by atoms with Crippen molar-refractivity contribution in [1.29, 1.82) is 0 Å². The van der Waals surface area contributed by atoms with E-state index in [1.165, 1.54) is 0 Å². The molecule has 1 aromatic heterocycles. The van der Waals surface area contributed by atoms with Gasteiger partial charge in [0.15, 0.2) is 0 Å². The standard InChI is InChI=1S/C18H23ClN4O3/c1-18(2,3)14-9-17(26-22-14)21-16(25)11-23(4)10-15(24)20-13-7-5-12(19)6-8-13/h5-9H,10-11H2,1-4H3,(H,20,24)(H,21,25). The van der Waals surface area contributed by atoms with Gasteiger partial charge in [0.25, 0.3) is 0 Å². The van der Waals surface area contributed by atoms with Gasteiger partial charge >= 0.3 is 0 Å². The fraction of sp³-hybridized carbons (Fsp3) is 0.389. The molecule has 0 aliphatic carbocycles. The van der Waals surface area contributed by atoms with Crippen LogP contribution in [0.2, 0.25) is 5.02 Å². The van der Waals surface area contributed by atoms with Crippen molar-refractivity contribution in [2.75, 3.05) is 30.8 Å². The number of nitrogens with zero attached hydrogens (tertiary/aromatic N) is 2. The Morgan fingerprint density at radius 2 is 1.69 bits per heavy atom. The molecule has 2 rings (SSSR count). The van der Waals surface area contributed by atoms with Crippen LogP contribution in [0.1, 0.15) is 26.5 Å². The van der Waals surface area contributed by atoms with Crippen molar-refractivity contribution in [3.05, 3.63) is 41.0 Å². The second-order valence-electron chi connectivity index (χ2n) is 7.10. The van der Waals surface area contributed by atoms with E-state index < -0.39 is 0 Å². The average Bonchev–Trinajstić information content (AvgIpc) is 2.97. The summed E-state index contributed by atoms with van der Waals surface area (Å²) in [6.07, 6.45) is 0. The minimum absolute atomic E-state index is 0.0413. The Morgan fingerprint density at radius 3 is 2.23 bits per heavy atom. The molecule has 2 N–H and O–H groups in total. The molecule has 0 spiro atoms. The summed E-state index contributed by atoms with van der Waals surface area (Å²) in [4.78, 5) is 25.7. The van der Waals surface area contributed by atoms with Crippen LogP contribution in [0, 0.1) is 0 Å². The third kappa shape index (κ3) is 6.16. The van der Waals surface area contributed by atoms with Crippen molar-refractivity contribution in [1.82, 2.24) is 10.1 Å². The quantitative estimate of drug-likeness (QED) is 0.806. The van der Waals surface area contributed by atoms with Crippen molar-refractivity contribution in [3.8, 4) is 0 Å². The van der Waals surface area contributed by atoms with E-state index in [0.717, 1.165) is 5.69 Å². The number of benzene rings is 1. The molecular formula is C18H23ClN4O3. The van der Waals surface area contributed by atoms with Gasteiger partial charge in [0.2, 0.25) is 17.7 Å². The lowest BCUT2D eigenvalue weighted by atomic mass is 9.92. The maximum Gasteiger partial charge on any atom is 0.240 e. The summed E-state index contributed by atoms with van der Waals surface area (Å²) in [5.74, 6) is -0.223. The molecule has 2 aromatic rings. The van der Waals surface area contributed by atoms with Crippen LogP contribution in [-0.2, 0) is 15.0 Å². The summed E-state index contributed by atoms with van der Waals surface area (Å²) in [6, 6.07) is 8.51. The van der Waals surface area contributed by atoms with Crippen molar-refractivity contribution < 1.29 is 14.1 Å². The molecule has 0 aliphatic rings. The van der Waals surface area contributed by atoms with Gasteiger partial charge in [-0.3, -0.25) is 19.8 Å². The SMILES string of the molecule is CN(CC(=O)Nc1ccc(Cl)cc1)CC(=O)Nc1cc(C(C)(C)C)no1. The van der Waals surface area contributed by atoms with E-state index in [-0.39, 0.29) is 30.3 Å². The first-order chi connectivity index (χ1) is 12.1. The molecule has 2 amide bonds. The van der Waals surface area contributed by atoms with E-state index in [9.17, 15) is 9.59 Å². The molecule has 0 saturated heterocycles. The smallest absolute Gasteiger partial charge is 0.240 e. The van der Waals surface area contributed by atoms with Crippen molar-refractivity contribution in [2.45, 2.75) is 26.2 Å². The Morgan fingerprint density at radius 1 is 1.12 bits per heavy atom. The van der Waals surface area contributed by atoms with Gasteiger partial charge in [-0.2, -0.15) is 0 Å². The second-order valence-corrected chi connectivity index (χ2v) is 7.54. The van der Waals surface area contributed by atoms with Crippen molar-refractivity contribution in [2.24, 2.45) is 0 Å². The van der Waals surface area contributed by atoms with Crippen LogP contribution in [0.15, 0.2) is 34.9 Å². The number of amides is 2. The highest BCUT2D eigenvalue weighted by atomic mass is 35.5. The van der Waals surface area contributed by atoms with Crippen LogP contribution in [0.4, 0.5) is 11.6 Å².